The number of aliphatic carboxylic acids is 1. The minimum Gasteiger partial charge on any atom is -0.481 e. The molecule has 3 unspecified atom stereocenters. The van der Waals surface area contributed by atoms with Crippen LogP contribution in [0.15, 0.2) is 36.4 Å². The van der Waals surface area contributed by atoms with E-state index >= 15 is 0 Å². The van der Waals surface area contributed by atoms with Gasteiger partial charge in [-0.2, -0.15) is 0 Å². The summed E-state index contributed by atoms with van der Waals surface area (Å²) in [6.07, 6.45) is 7.06. The largest absolute Gasteiger partial charge is 0.481 e. The molecule has 0 bridgehead atoms. The van der Waals surface area contributed by atoms with Crippen LogP contribution in [0.3, 0.4) is 0 Å². The molecule has 0 aliphatic heterocycles. The van der Waals surface area contributed by atoms with Gasteiger partial charge in [0, 0.05) is 11.7 Å². The van der Waals surface area contributed by atoms with Gasteiger partial charge in [0.25, 0.3) is 0 Å². The van der Waals surface area contributed by atoms with Gasteiger partial charge in [0.15, 0.2) is 0 Å². The van der Waals surface area contributed by atoms with Crippen LogP contribution in [0.4, 0.5) is 0 Å². The first-order chi connectivity index (χ1) is 9.27. The molecule has 2 aliphatic rings. The Hall–Kier alpha value is -1.22. The number of hydrogen-bond donors (Lipinski definition) is 1. The second-order valence-corrected chi connectivity index (χ2v) is 6.36. The maximum absolute atomic E-state index is 10.7. The van der Waals surface area contributed by atoms with Gasteiger partial charge in [0.1, 0.15) is 0 Å². The Morgan fingerprint density at radius 1 is 1.32 bits per heavy atom. The Kier molecular flexibility index (Phi) is 3.65. The smallest absolute Gasteiger partial charge is 0.313 e. The van der Waals surface area contributed by atoms with E-state index in [9.17, 15) is 4.79 Å². The van der Waals surface area contributed by atoms with E-state index < -0.39 is 5.97 Å². The maximum Gasteiger partial charge on any atom is 0.313 e. The fourth-order valence-electron chi connectivity index (χ4n) is 3.50. The van der Waals surface area contributed by atoms with Crippen molar-refractivity contribution in [2.24, 2.45) is 5.92 Å². The molecule has 0 heterocycles. The number of fused-ring (bicyclic) bond motifs is 3. The van der Waals surface area contributed by atoms with Gasteiger partial charge in [0.2, 0.25) is 0 Å². The van der Waals surface area contributed by atoms with Crippen LogP contribution in [0.5, 0.6) is 0 Å². The summed E-state index contributed by atoms with van der Waals surface area (Å²) < 4.78 is 0. The van der Waals surface area contributed by atoms with Crippen molar-refractivity contribution in [1.29, 1.82) is 0 Å². The lowest BCUT2D eigenvalue weighted by molar-refractivity contribution is -0.133. The number of allylic oxidation sites excluding steroid dienone is 2. The van der Waals surface area contributed by atoms with Crippen LogP contribution in [-0.4, -0.2) is 22.6 Å². The second-order valence-electron chi connectivity index (χ2n) is 5.33. The van der Waals surface area contributed by atoms with Gasteiger partial charge in [0.05, 0.1) is 5.75 Å². The third kappa shape index (κ3) is 2.44. The zero-order chi connectivity index (χ0) is 13.2. The monoisotopic (exact) mass is 274 g/mol. The summed E-state index contributed by atoms with van der Waals surface area (Å²) in [4.78, 5) is 10.7. The summed E-state index contributed by atoms with van der Waals surface area (Å²) in [7, 11) is 0. The predicted octanol–water partition coefficient (Wildman–Crippen LogP) is 3.65. The Balaban J connectivity index is 1.83. The predicted molar refractivity (Wildman–Crippen MR) is 78.7 cm³/mol. The molecule has 1 aromatic rings. The van der Waals surface area contributed by atoms with Crippen LogP contribution in [0.1, 0.15) is 35.8 Å². The molecule has 19 heavy (non-hydrogen) atoms. The van der Waals surface area contributed by atoms with Crippen LogP contribution >= 0.6 is 11.8 Å². The Morgan fingerprint density at radius 3 is 2.89 bits per heavy atom. The molecule has 1 aromatic carbocycles. The van der Waals surface area contributed by atoms with Crippen LogP contribution < -0.4 is 0 Å². The van der Waals surface area contributed by atoms with E-state index in [1.54, 1.807) is 11.8 Å². The molecule has 0 amide bonds. The molecule has 0 fully saturated rings. The van der Waals surface area contributed by atoms with Gasteiger partial charge in [-0.25, -0.2) is 0 Å². The summed E-state index contributed by atoms with van der Waals surface area (Å²) >= 11 is 1.54. The zero-order valence-electron chi connectivity index (χ0n) is 10.8. The van der Waals surface area contributed by atoms with Crippen molar-refractivity contribution in [1.82, 2.24) is 0 Å². The average molecular weight is 274 g/mol. The van der Waals surface area contributed by atoms with E-state index in [4.69, 9.17) is 5.11 Å². The number of carboxylic acid groups (broad SMARTS) is 1. The van der Waals surface area contributed by atoms with Crippen LogP contribution in [0.25, 0.3) is 0 Å². The molecule has 0 radical (unpaired) electrons. The van der Waals surface area contributed by atoms with Gasteiger partial charge in [-0.05, 0) is 35.8 Å². The minimum absolute atomic E-state index is 0.208. The fraction of sp³-hybridized carbons (Fsp3) is 0.438. The minimum atomic E-state index is -0.716. The SMILES string of the molecule is O=C(O)CSCC1c2ccccc2C2CCC=CC21. The first-order valence-corrected chi connectivity index (χ1v) is 7.98. The normalized spacial score (nSPS) is 27.9. The number of hydrogen-bond acceptors (Lipinski definition) is 2. The number of benzene rings is 1. The summed E-state index contributed by atoms with van der Waals surface area (Å²) in [5.41, 5.74) is 2.94. The highest BCUT2D eigenvalue weighted by Crippen LogP contribution is 2.51. The average Bonchev–Trinajstić information content (AvgIpc) is 2.74. The Bertz CT molecular complexity index is 509. The molecule has 0 aromatic heterocycles. The van der Waals surface area contributed by atoms with Crippen molar-refractivity contribution >= 4 is 17.7 Å². The van der Waals surface area contributed by atoms with Crippen molar-refractivity contribution in [2.45, 2.75) is 24.7 Å². The molecule has 1 N–H and O–H groups in total. The molecule has 0 saturated heterocycles. The summed E-state index contributed by atoms with van der Waals surface area (Å²) in [5.74, 6) is 2.12. The maximum atomic E-state index is 10.7. The number of thioether (sulfide) groups is 1. The third-order valence-corrected chi connectivity index (χ3v) is 5.30. The molecule has 3 heteroatoms. The van der Waals surface area contributed by atoms with Crippen molar-refractivity contribution in [3.05, 3.63) is 47.5 Å². The van der Waals surface area contributed by atoms with E-state index in [-0.39, 0.29) is 5.75 Å². The molecule has 3 atom stereocenters. The topological polar surface area (TPSA) is 37.3 Å². The first-order valence-electron chi connectivity index (χ1n) is 6.82. The number of rotatable bonds is 4. The van der Waals surface area contributed by atoms with Crippen molar-refractivity contribution in [2.75, 3.05) is 11.5 Å². The molecule has 3 rings (SSSR count). The van der Waals surface area contributed by atoms with Crippen molar-refractivity contribution in [3.63, 3.8) is 0 Å². The molecule has 0 saturated carbocycles. The van der Waals surface area contributed by atoms with Gasteiger partial charge < -0.3 is 5.11 Å². The lowest BCUT2D eigenvalue weighted by Crippen LogP contribution is -2.15. The van der Waals surface area contributed by atoms with Gasteiger partial charge in [-0.3, -0.25) is 4.79 Å². The molecule has 100 valence electrons. The Morgan fingerprint density at radius 2 is 2.11 bits per heavy atom. The number of carboxylic acids is 1. The second kappa shape index (κ2) is 5.41. The highest BCUT2D eigenvalue weighted by atomic mass is 32.2. The van der Waals surface area contributed by atoms with Crippen LogP contribution in [0, 0.1) is 5.92 Å². The summed E-state index contributed by atoms with van der Waals surface area (Å²) in [6, 6.07) is 8.72. The fourth-order valence-corrected chi connectivity index (χ4v) is 4.45. The summed E-state index contributed by atoms with van der Waals surface area (Å²) in [6.45, 7) is 0. The highest BCUT2D eigenvalue weighted by Gasteiger charge is 2.39. The molecule has 2 aliphatic carbocycles. The van der Waals surface area contributed by atoms with E-state index in [1.165, 1.54) is 24.0 Å². The van der Waals surface area contributed by atoms with Gasteiger partial charge in [-0.15, -0.1) is 11.8 Å². The van der Waals surface area contributed by atoms with Crippen molar-refractivity contribution in [3.8, 4) is 0 Å². The lowest BCUT2D eigenvalue weighted by atomic mass is 9.81. The Labute approximate surface area is 117 Å². The molecular weight excluding hydrogens is 256 g/mol. The van der Waals surface area contributed by atoms with Crippen LogP contribution in [0.2, 0.25) is 0 Å². The quantitative estimate of drug-likeness (QED) is 0.852. The van der Waals surface area contributed by atoms with Crippen molar-refractivity contribution < 1.29 is 9.90 Å². The molecule has 2 nitrogen and oxygen atoms in total. The lowest BCUT2D eigenvalue weighted by Gasteiger charge is -2.25. The summed E-state index contributed by atoms with van der Waals surface area (Å²) in [5, 5.41) is 8.78. The van der Waals surface area contributed by atoms with Gasteiger partial charge in [-0.1, -0.05) is 36.4 Å². The number of carbonyl (C=O) groups is 1. The van der Waals surface area contributed by atoms with Crippen LogP contribution in [-0.2, 0) is 4.79 Å². The van der Waals surface area contributed by atoms with E-state index in [0.717, 1.165) is 5.75 Å². The third-order valence-electron chi connectivity index (χ3n) is 4.25. The zero-order valence-corrected chi connectivity index (χ0v) is 11.6. The van der Waals surface area contributed by atoms with E-state index in [2.05, 4.69) is 36.4 Å². The van der Waals surface area contributed by atoms with E-state index in [0.29, 0.717) is 17.8 Å². The molecule has 0 spiro atoms. The molecular formula is C16H18O2S. The van der Waals surface area contributed by atoms with Gasteiger partial charge >= 0.3 is 5.97 Å². The highest BCUT2D eigenvalue weighted by molar-refractivity contribution is 7.99. The van der Waals surface area contributed by atoms with E-state index in [1.807, 2.05) is 0 Å². The first kappa shape index (κ1) is 12.8. The standard InChI is InChI=1S/C16H18O2S/c17-16(18)10-19-9-15-13-7-3-1-5-11(13)12-6-2-4-8-14(12)15/h1,3-5,7-8,12,14-15H,2,6,9-10H2,(H,17,18).